The van der Waals surface area contributed by atoms with Gasteiger partial charge in [-0.3, -0.25) is 10.1 Å². The molecule has 0 aliphatic carbocycles. The molecule has 2 N–H and O–H groups in total. The fourth-order valence-electron chi connectivity index (χ4n) is 2.59. The second-order valence-corrected chi connectivity index (χ2v) is 5.49. The van der Waals surface area contributed by atoms with Crippen LogP contribution in [0.4, 0.5) is 16.2 Å². The molecule has 6 nitrogen and oxygen atoms in total. The van der Waals surface area contributed by atoms with Gasteiger partial charge in [-0.25, -0.2) is 4.79 Å². The number of nitrogens with one attached hydrogen (secondary N) is 2. The normalized spacial score (nSPS) is 16.0. The van der Waals surface area contributed by atoms with Crippen LogP contribution in [0.5, 0.6) is 0 Å². The summed E-state index contributed by atoms with van der Waals surface area (Å²) in [5.74, 6) is 0.00984. The SMILES string of the molecule is CCOC(=O)NC(=S)Nc1ccc2c(c1)N(C(C)=O)C(C)C2. The molecule has 1 aliphatic rings. The minimum atomic E-state index is -0.597. The molecule has 0 aromatic heterocycles. The zero-order chi connectivity index (χ0) is 16.3. The average molecular weight is 321 g/mol. The van der Waals surface area contributed by atoms with Gasteiger partial charge in [-0.2, -0.15) is 0 Å². The number of thiocarbonyl (C=S) groups is 1. The number of anilines is 2. The molecular formula is C15H19N3O3S. The number of carbonyl (C=O) groups excluding carboxylic acids is 2. The molecule has 1 aromatic carbocycles. The molecule has 22 heavy (non-hydrogen) atoms. The summed E-state index contributed by atoms with van der Waals surface area (Å²) in [5, 5.41) is 5.49. The van der Waals surface area contributed by atoms with Crippen molar-refractivity contribution in [1.29, 1.82) is 0 Å². The van der Waals surface area contributed by atoms with E-state index in [0.717, 1.165) is 17.7 Å². The van der Waals surface area contributed by atoms with Crippen molar-refractivity contribution in [1.82, 2.24) is 5.32 Å². The fraction of sp³-hybridized carbons (Fsp3) is 0.400. The first-order valence-electron chi connectivity index (χ1n) is 7.09. The van der Waals surface area contributed by atoms with Gasteiger partial charge in [0.25, 0.3) is 0 Å². The number of nitrogens with zero attached hydrogens (tertiary/aromatic N) is 1. The summed E-state index contributed by atoms with van der Waals surface area (Å²) in [7, 11) is 0. The maximum Gasteiger partial charge on any atom is 0.413 e. The highest BCUT2D eigenvalue weighted by Gasteiger charge is 2.28. The lowest BCUT2D eigenvalue weighted by atomic mass is 10.1. The van der Waals surface area contributed by atoms with Gasteiger partial charge in [-0.1, -0.05) is 6.07 Å². The number of hydrogen-bond acceptors (Lipinski definition) is 4. The number of hydrogen-bond donors (Lipinski definition) is 2. The number of fused-ring (bicyclic) bond motifs is 1. The van der Waals surface area contributed by atoms with Gasteiger partial charge < -0.3 is 15.0 Å². The van der Waals surface area contributed by atoms with Crippen LogP contribution < -0.4 is 15.5 Å². The van der Waals surface area contributed by atoms with Crippen molar-refractivity contribution in [2.45, 2.75) is 33.2 Å². The Hall–Kier alpha value is -2.15. The molecule has 0 saturated carbocycles. The van der Waals surface area contributed by atoms with Gasteiger partial charge >= 0.3 is 6.09 Å². The Labute approximate surface area is 134 Å². The van der Waals surface area contributed by atoms with E-state index in [1.165, 1.54) is 0 Å². The van der Waals surface area contributed by atoms with E-state index in [-0.39, 0.29) is 23.7 Å². The van der Waals surface area contributed by atoms with Gasteiger partial charge in [0.1, 0.15) is 0 Å². The van der Waals surface area contributed by atoms with Gasteiger partial charge in [0.2, 0.25) is 5.91 Å². The largest absolute Gasteiger partial charge is 0.450 e. The number of ether oxygens (including phenoxy) is 1. The molecule has 7 heteroatoms. The first-order valence-corrected chi connectivity index (χ1v) is 7.50. The van der Waals surface area contributed by atoms with Crippen LogP contribution in [0, 0.1) is 0 Å². The molecule has 0 spiro atoms. The molecule has 118 valence electrons. The van der Waals surface area contributed by atoms with Crippen molar-refractivity contribution in [3.05, 3.63) is 23.8 Å². The van der Waals surface area contributed by atoms with Crippen LogP contribution in [0.1, 0.15) is 26.3 Å². The van der Waals surface area contributed by atoms with E-state index in [9.17, 15) is 9.59 Å². The minimum absolute atomic E-state index is 0.00984. The summed E-state index contributed by atoms with van der Waals surface area (Å²) in [6.45, 7) is 5.56. The molecule has 1 unspecified atom stereocenters. The van der Waals surface area contributed by atoms with Gasteiger partial charge in [0.05, 0.1) is 6.61 Å². The Bertz CT molecular complexity index is 618. The number of amides is 2. The summed E-state index contributed by atoms with van der Waals surface area (Å²) >= 11 is 5.06. The first kappa shape index (κ1) is 16.2. The van der Waals surface area contributed by atoms with Crippen molar-refractivity contribution in [2.24, 2.45) is 0 Å². The Morgan fingerprint density at radius 3 is 2.82 bits per heavy atom. The predicted molar refractivity (Wildman–Crippen MR) is 89.1 cm³/mol. The fourth-order valence-corrected chi connectivity index (χ4v) is 2.79. The van der Waals surface area contributed by atoms with Gasteiger partial charge in [0.15, 0.2) is 5.11 Å². The Balaban J connectivity index is 2.10. The van der Waals surface area contributed by atoms with Gasteiger partial charge in [0, 0.05) is 24.3 Å². The second-order valence-electron chi connectivity index (χ2n) is 5.09. The Morgan fingerprint density at radius 2 is 2.18 bits per heavy atom. The average Bonchev–Trinajstić information content (AvgIpc) is 2.73. The molecule has 1 aliphatic heterocycles. The van der Waals surface area contributed by atoms with Gasteiger partial charge in [-0.05, 0) is 50.2 Å². The monoisotopic (exact) mass is 321 g/mol. The molecule has 1 heterocycles. The van der Waals surface area contributed by atoms with E-state index in [4.69, 9.17) is 17.0 Å². The van der Waals surface area contributed by atoms with Crippen LogP contribution in [-0.2, 0) is 16.0 Å². The summed E-state index contributed by atoms with van der Waals surface area (Å²) in [6.07, 6.45) is 0.237. The lowest BCUT2D eigenvalue weighted by Gasteiger charge is -2.21. The van der Waals surface area contributed by atoms with E-state index >= 15 is 0 Å². The molecule has 0 fully saturated rings. The summed E-state index contributed by atoms with van der Waals surface area (Å²) in [6, 6.07) is 5.84. The molecular weight excluding hydrogens is 302 g/mol. The predicted octanol–water partition coefficient (Wildman–Crippen LogP) is 2.43. The highest BCUT2D eigenvalue weighted by atomic mass is 32.1. The van der Waals surface area contributed by atoms with Crippen LogP contribution in [0.15, 0.2) is 18.2 Å². The summed E-state index contributed by atoms with van der Waals surface area (Å²) in [4.78, 5) is 24.8. The molecule has 2 amide bonds. The standard InChI is InChI=1S/C15H19N3O3S/c1-4-21-15(20)17-14(22)16-12-6-5-11-7-9(2)18(10(3)19)13(11)8-12/h5-6,8-9H,4,7H2,1-3H3,(H2,16,17,20,22). The van der Waals surface area contributed by atoms with E-state index in [1.54, 1.807) is 18.7 Å². The number of carbonyl (C=O) groups is 2. The third-order valence-corrected chi connectivity index (χ3v) is 3.59. The van der Waals surface area contributed by atoms with Gasteiger partial charge in [-0.15, -0.1) is 0 Å². The van der Waals surface area contributed by atoms with Crippen LogP contribution >= 0.6 is 12.2 Å². The molecule has 1 aromatic rings. The van der Waals surface area contributed by atoms with E-state index in [0.29, 0.717) is 5.69 Å². The van der Waals surface area contributed by atoms with Crippen molar-refractivity contribution in [3.8, 4) is 0 Å². The lowest BCUT2D eigenvalue weighted by Crippen LogP contribution is -2.35. The smallest absolute Gasteiger partial charge is 0.413 e. The van der Waals surface area contributed by atoms with E-state index in [1.807, 2.05) is 25.1 Å². The summed E-state index contributed by atoms with van der Waals surface area (Å²) < 4.78 is 4.76. The van der Waals surface area contributed by atoms with Crippen molar-refractivity contribution >= 4 is 40.7 Å². The zero-order valence-electron chi connectivity index (χ0n) is 12.8. The quantitative estimate of drug-likeness (QED) is 0.819. The van der Waals surface area contributed by atoms with Crippen LogP contribution in [0.2, 0.25) is 0 Å². The zero-order valence-corrected chi connectivity index (χ0v) is 13.6. The molecule has 1 atom stereocenters. The maximum atomic E-state index is 11.8. The van der Waals surface area contributed by atoms with Crippen molar-refractivity contribution < 1.29 is 14.3 Å². The molecule has 0 saturated heterocycles. The summed E-state index contributed by atoms with van der Waals surface area (Å²) in [5.41, 5.74) is 2.71. The Kier molecular flexibility index (Phi) is 4.97. The molecule has 0 bridgehead atoms. The highest BCUT2D eigenvalue weighted by molar-refractivity contribution is 7.80. The number of benzene rings is 1. The third-order valence-electron chi connectivity index (χ3n) is 3.39. The lowest BCUT2D eigenvalue weighted by molar-refractivity contribution is -0.116. The van der Waals surface area contributed by atoms with E-state index in [2.05, 4.69) is 10.6 Å². The molecule has 0 radical (unpaired) electrons. The molecule has 2 rings (SSSR count). The van der Waals surface area contributed by atoms with Crippen molar-refractivity contribution in [3.63, 3.8) is 0 Å². The second kappa shape index (κ2) is 6.74. The number of alkyl carbamates (subject to hydrolysis) is 1. The van der Waals surface area contributed by atoms with Crippen LogP contribution in [-0.4, -0.2) is 29.8 Å². The first-order chi connectivity index (χ1) is 10.4. The number of rotatable bonds is 2. The Morgan fingerprint density at radius 1 is 1.45 bits per heavy atom. The highest BCUT2D eigenvalue weighted by Crippen LogP contribution is 2.34. The van der Waals surface area contributed by atoms with E-state index < -0.39 is 6.09 Å². The maximum absolute atomic E-state index is 11.8. The third kappa shape index (κ3) is 3.54. The minimum Gasteiger partial charge on any atom is -0.450 e. The van der Waals surface area contributed by atoms with Crippen LogP contribution in [0.25, 0.3) is 0 Å². The topological polar surface area (TPSA) is 70.7 Å². The van der Waals surface area contributed by atoms with Crippen LogP contribution in [0.3, 0.4) is 0 Å². The van der Waals surface area contributed by atoms with Crippen molar-refractivity contribution in [2.75, 3.05) is 16.8 Å².